The highest BCUT2D eigenvalue weighted by atomic mass is 32.2. The summed E-state index contributed by atoms with van der Waals surface area (Å²) in [5.41, 5.74) is 0. The van der Waals surface area contributed by atoms with E-state index in [1.165, 1.54) is 0 Å². The first-order valence-corrected chi connectivity index (χ1v) is 8.94. The SMILES string of the molecule is CCc1nccn1CC1CCN(S(=O)(=O)C(C)C)CC1. The highest BCUT2D eigenvalue weighted by Gasteiger charge is 2.30. The number of sulfonamides is 1. The van der Waals surface area contributed by atoms with Crippen LogP contribution in [-0.4, -0.2) is 40.6 Å². The number of rotatable bonds is 5. The zero-order chi connectivity index (χ0) is 14.8. The number of aromatic nitrogens is 2. The van der Waals surface area contributed by atoms with E-state index in [1.807, 2.05) is 12.4 Å². The predicted octanol–water partition coefficient (Wildman–Crippen LogP) is 1.90. The third-order valence-corrected chi connectivity index (χ3v) is 6.38. The van der Waals surface area contributed by atoms with Crippen LogP contribution in [0.3, 0.4) is 0 Å². The molecule has 0 unspecified atom stereocenters. The standard InChI is InChI=1S/C14H25N3O2S/c1-4-14-15-7-10-16(14)11-13-5-8-17(9-6-13)20(18,19)12(2)3/h7,10,12-13H,4-6,8-9,11H2,1-3H3. The lowest BCUT2D eigenvalue weighted by Crippen LogP contribution is -2.42. The first-order valence-electron chi connectivity index (χ1n) is 7.44. The molecule has 2 heterocycles. The van der Waals surface area contributed by atoms with Crippen LogP contribution in [-0.2, 0) is 23.0 Å². The van der Waals surface area contributed by atoms with Crippen molar-refractivity contribution in [2.45, 2.75) is 51.8 Å². The molecule has 0 spiro atoms. The molecule has 6 heteroatoms. The molecule has 0 atom stereocenters. The summed E-state index contributed by atoms with van der Waals surface area (Å²) < 4.78 is 28.1. The lowest BCUT2D eigenvalue weighted by atomic mass is 9.98. The van der Waals surface area contributed by atoms with Gasteiger partial charge in [0.2, 0.25) is 10.0 Å². The van der Waals surface area contributed by atoms with Crippen LogP contribution in [0, 0.1) is 5.92 Å². The fraction of sp³-hybridized carbons (Fsp3) is 0.786. The smallest absolute Gasteiger partial charge is 0.216 e. The molecule has 1 aliphatic heterocycles. The van der Waals surface area contributed by atoms with Crippen LogP contribution >= 0.6 is 0 Å². The Hall–Kier alpha value is -0.880. The average molecular weight is 299 g/mol. The van der Waals surface area contributed by atoms with Crippen molar-refractivity contribution in [2.75, 3.05) is 13.1 Å². The van der Waals surface area contributed by atoms with E-state index in [0.29, 0.717) is 19.0 Å². The summed E-state index contributed by atoms with van der Waals surface area (Å²) in [6.07, 6.45) is 6.68. The van der Waals surface area contributed by atoms with Crippen LogP contribution in [0.1, 0.15) is 39.4 Å². The Kier molecular flexibility index (Phi) is 4.86. The molecular weight excluding hydrogens is 274 g/mol. The molecule has 2 rings (SSSR count). The molecule has 0 saturated carbocycles. The van der Waals surface area contributed by atoms with Gasteiger partial charge in [-0.25, -0.2) is 17.7 Å². The van der Waals surface area contributed by atoms with Crippen molar-refractivity contribution in [1.82, 2.24) is 13.9 Å². The number of hydrogen-bond acceptors (Lipinski definition) is 3. The molecule has 5 nitrogen and oxygen atoms in total. The van der Waals surface area contributed by atoms with Crippen LogP contribution in [0.25, 0.3) is 0 Å². The minimum atomic E-state index is -3.08. The maximum Gasteiger partial charge on any atom is 0.216 e. The van der Waals surface area contributed by atoms with Crippen LogP contribution in [0.2, 0.25) is 0 Å². The second-order valence-corrected chi connectivity index (χ2v) is 8.27. The van der Waals surface area contributed by atoms with Gasteiger partial charge in [0, 0.05) is 38.4 Å². The second kappa shape index (κ2) is 6.26. The fourth-order valence-corrected chi connectivity index (χ4v) is 4.06. The molecule has 1 aliphatic rings. The zero-order valence-electron chi connectivity index (χ0n) is 12.6. The molecule has 1 aromatic heterocycles. The van der Waals surface area contributed by atoms with Gasteiger partial charge in [0.15, 0.2) is 0 Å². The molecule has 0 radical (unpaired) electrons. The highest BCUT2D eigenvalue weighted by Crippen LogP contribution is 2.23. The Bertz CT molecular complexity index is 528. The summed E-state index contributed by atoms with van der Waals surface area (Å²) in [5.74, 6) is 1.66. The minimum absolute atomic E-state index is 0.320. The Balaban J connectivity index is 1.92. The van der Waals surface area contributed by atoms with Gasteiger partial charge in [0.25, 0.3) is 0 Å². The Morgan fingerprint density at radius 1 is 1.35 bits per heavy atom. The number of aryl methyl sites for hydroxylation is 1. The number of nitrogens with zero attached hydrogens (tertiary/aromatic N) is 3. The summed E-state index contributed by atoms with van der Waals surface area (Å²) in [4.78, 5) is 4.33. The Morgan fingerprint density at radius 2 is 2.00 bits per heavy atom. The average Bonchev–Trinajstić information content (AvgIpc) is 2.86. The maximum absolute atomic E-state index is 12.1. The number of imidazole rings is 1. The van der Waals surface area contributed by atoms with Gasteiger partial charge in [-0.15, -0.1) is 0 Å². The van der Waals surface area contributed by atoms with Gasteiger partial charge in [-0.3, -0.25) is 0 Å². The van der Waals surface area contributed by atoms with E-state index >= 15 is 0 Å². The molecule has 0 aliphatic carbocycles. The van der Waals surface area contributed by atoms with E-state index < -0.39 is 10.0 Å². The van der Waals surface area contributed by atoms with Crippen LogP contribution in [0.5, 0.6) is 0 Å². The van der Waals surface area contributed by atoms with Crippen molar-refractivity contribution in [3.05, 3.63) is 18.2 Å². The molecule has 0 aromatic carbocycles. The summed E-state index contributed by atoms with van der Waals surface area (Å²) in [6.45, 7) is 7.87. The third-order valence-electron chi connectivity index (χ3n) is 4.10. The topological polar surface area (TPSA) is 55.2 Å². The largest absolute Gasteiger partial charge is 0.335 e. The van der Waals surface area contributed by atoms with Crippen LogP contribution < -0.4 is 0 Å². The van der Waals surface area contributed by atoms with Crippen molar-refractivity contribution < 1.29 is 8.42 Å². The lowest BCUT2D eigenvalue weighted by molar-refractivity contribution is 0.250. The second-order valence-electron chi connectivity index (χ2n) is 5.79. The van der Waals surface area contributed by atoms with Gasteiger partial charge in [-0.1, -0.05) is 6.92 Å². The molecule has 0 amide bonds. The Morgan fingerprint density at radius 3 is 2.55 bits per heavy atom. The van der Waals surface area contributed by atoms with E-state index in [1.54, 1.807) is 18.2 Å². The molecular formula is C14H25N3O2S. The fourth-order valence-electron chi connectivity index (χ4n) is 2.74. The highest BCUT2D eigenvalue weighted by molar-refractivity contribution is 7.89. The summed E-state index contributed by atoms with van der Waals surface area (Å²) in [7, 11) is -3.08. The molecule has 1 fully saturated rings. The number of hydrogen-bond donors (Lipinski definition) is 0. The van der Waals surface area contributed by atoms with Gasteiger partial charge in [-0.2, -0.15) is 0 Å². The van der Waals surface area contributed by atoms with Crippen molar-refractivity contribution in [3.8, 4) is 0 Å². The van der Waals surface area contributed by atoms with Crippen molar-refractivity contribution >= 4 is 10.0 Å². The van der Waals surface area contributed by atoms with Crippen LogP contribution in [0.4, 0.5) is 0 Å². The quantitative estimate of drug-likeness (QED) is 0.834. The van der Waals surface area contributed by atoms with E-state index in [0.717, 1.165) is 31.6 Å². The van der Waals surface area contributed by atoms with Gasteiger partial charge in [0.05, 0.1) is 5.25 Å². The monoisotopic (exact) mass is 299 g/mol. The van der Waals surface area contributed by atoms with Crippen molar-refractivity contribution in [3.63, 3.8) is 0 Å². The zero-order valence-corrected chi connectivity index (χ0v) is 13.4. The first kappa shape index (κ1) is 15.5. The van der Waals surface area contributed by atoms with E-state index in [4.69, 9.17) is 0 Å². The normalized spacial score (nSPS) is 18.8. The lowest BCUT2D eigenvalue weighted by Gasteiger charge is -2.32. The molecule has 1 aromatic rings. The minimum Gasteiger partial charge on any atom is -0.335 e. The number of piperidine rings is 1. The van der Waals surface area contributed by atoms with E-state index in [2.05, 4.69) is 16.5 Å². The Labute approximate surface area is 122 Å². The molecule has 1 saturated heterocycles. The summed E-state index contributed by atoms with van der Waals surface area (Å²) >= 11 is 0. The first-order chi connectivity index (χ1) is 9.45. The van der Waals surface area contributed by atoms with Crippen molar-refractivity contribution in [2.24, 2.45) is 5.92 Å². The summed E-state index contributed by atoms with van der Waals surface area (Å²) in [5, 5.41) is -0.320. The predicted molar refractivity (Wildman–Crippen MR) is 80.0 cm³/mol. The molecule has 0 bridgehead atoms. The van der Waals surface area contributed by atoms with Gasteiger partial charge in [-0.05, 0) is 32.6 Å². The van der Waals surface area contributed by atoms with E-state index in [9.17, 15) is 8.42 Å². The third kappa shape index (κ3) is 3.23. The maximum atomic E-state index is 12.1. The van der Waals surface area contributed by atoms with Gasteiger partial charge >= 0.3 is 0 Å². The van der Waals surface area contributed by atoms with Gasteiger partial charge in [0.1, 0.15) is 5.82 Å². The molecule has 0 N–H and O–H groups in total. The van der Waals surface area contributed by atoms with E-state index in [-0.39, 0.29) is 5.25 Å². The summed E-state index contributed by atoms with van der Waals surface area (Å²) in [6, 6.07) is 0. The molecule has 114 valence electrons. The van der Waals surface area contributed by atoms with Crippen molar-refractivity contribution in [1.29, 1.82) is 0 Å². The molecule has 20 heavy (non-hydrogen) atoms. The van der Waals surface area contributed by atoms with Crippen LogP contribution in [0.15, 0.2) is 12.4 Å². The van der Waals surface area contributed by atoms with Gasteiger partial charge < -0.3 is 4.57 Å².